The molecule has 54 heavy (non-hydrogen) atoms. The van der Waals surface area contributed by atoms with Crippen molar-refractivity contribution in [3.63, 3.8) is 0 Å². The number of pyridine rings is 2. The predicted octanol–water partition coefficient (Wildman–Crippen LogP) is 6.76. The molecule has 0 fully saturated rings. The van der Waals surface area contributed by atoms with Gasteiger partial charge in [-0.05, 0) is 47.5 Å². The summed E-state index contributed by atoms with van der Waals surface area (Å²) in [5.41, 5.74) is 6.82. The second kappa shape index (κ2) is 16.9. The van der Waals surface area contributed by atoms with Crippen molar-refractivity contribution in [3.05, 3.63) is 143 Å². The van der Waals surface area contributed by atoms with Gasteiger partial charge in [-0.3, -0.25) is 24.4 Å². The molecule has 11 nitrogen and oxygen atoms in total. The van der Waals surface area contributed by atoms with Crippen LogP contribution in [0.3, 0.4) is 0 Å². The average molecular weight is 751 g/mol. The van der Waals surface area contributed by atoms with Gasteiger partial charge in [-0.15, -0.1) is 0 Å². The lowest BCUT2D eigenvalue weighted by Crippen LogP contribution is -2.22. The highest BCUT2D eigenvalue weighted by molar-refractivity contribution is 5.96. The second-order valence-corrected chi connectivity index (χ2v) is 11.4. The summed E-state index contributed by atoms with van der Waals surface area (Å²) < 4.78 is 86.9. The third-order valence-electron chi connectivity index (χ3n) is 7.56. The molecule has 2 aromatic carbocycles. The summed E-state index contributed by atoms with van der Waals surface area (Å²) in [6.45, 7) is -0.241. The first kappa shape index (κ1) is 38.7. The lowest BCUT2D eigenvalue weighted by molar-refractivity contribution is -0.138. The zero-order valence-corrected chi connectivity index (χ0v) is 27.8. The van der Waals surface area contributed by atoms with Gasteiger partial charge in [0.1, 0.15) is 11.4 Å². The van der Waals surface area contributed by atoms with E-state index in [0.29, 0.717) is 53.7 Å². The number of benzene rings is 2. The molecule has 6 rings (SSSR count). The number of carbonyl (C=O) groups is 3. The Kier molecular flexibility index (Phi) is 12.1. The fraction of sp³-hybridized carbons (Fsp3) is 0.162. The summed E-state index contributed by atoms with van der Waals surface area (Å²) in [6.07, 6.45) is -1.78. The molecule has 0 atom stereocenters. The minimum atomic E-state index is -4.39. The van der Waals surface area contributed by atoms with Crippen LogP contribution in [0.2, 0.25) is 0 Å². The van der Waals surface area contributed by atoms with E-state index in [1.807, 2.05) is 0 Å². The molecule has 0 radical (unpaired) electrons. The first-order valence-electron chi connectivity index (χ1n) is 15.8. The molecule has 1 amide bonds. The second-order valence-electron chi connectivity index (χ2n) is 11.4. The molecule has 4 aromatic heterocycles. The largest absolute Gasteiger partial charge is 0.440 e. The van der Waals surface area contributed by atoms with Gasteiger partial charge in [0.05, 0.1) is 49.5 Å². The Morgan fingerprint density at radius 2 is 1.04 bits per heavy atom. The summed E-state index contributed by atoms with van der Waals surface area (Å²) in [5, 5.41) is 2.27. The number of nitrogens with one attached hydrogen (secondary N) is 1. The van der Waals surface area contributed by atoms with Crippen LogP contribution in [-0.4, -0.2) is 51.0 Å². The monoisotopic (exact) mass is 750 g/mol. The maximum absolute atomic E-state index is 12.6. The number of carbonyl (C=O) groups excluding carboxylic acids is 3. The summed E-state index contributed by atoms with van der Waals surface area (Å²) in [7, 11) is 0. The van der Waals surface area contributed by atoms with Crippen LogP contribution < -0.4 is 11.1 Å². The van der Waals surface area contributed by atoms with E-state index < -0.39 is 23.5 Å². The number of aromatic nitrogens is 4. The normalized spacial score (nSPS) is 11.4. The van der Waals surface area contributed by atoms with Gasteiger partial charge in [0, 0.05) is 23.5 Å². The number of Topliss-reactive ketones (excluding diaryl/α,β-unsaturated/α-hetero) is 2. The maximum atomic E-state index is 12.6. The first-order valence-corrected chi connectivity index (χ1v) is 15.8. The molecule has 3 N–H and O–H groups in total. The number of nitrogens with two attached hydrogens (primary N) is 1. The lowest BCUT2D eigenvalue weighted by Gasteiger charge is -2.06. The fourth-order valence-corrected chi connectivity index (χ4v) is 4.76. The molecule has 278 valence electrons. The Morgan fingerprint density at radius 3 is 1.39 bits per heavy atom. The van der Waals surface area contributed by atoms with Crippen LogP contribution in [0, 0.1) is 0 Å². The molecule has 0 spiro atoms. The summed E-state index contributed by atoms with van der Waals surface area (Å²) in [4.78, 5) is 49.7. The summed E-state index contributed by atoms with van der Waals surface area (Å²) in [5.74, 6) is 0.898. The van der Waals surface area contributed by atoms with Crippen molar-refractivity contribution in [2.45, 2.75) is 25.2 Å². The number of rotatable bonds is 12. The van der Waals surface area contributed by atoms with Gasteiger partial charge >= 0.3 is 12.4 Å². The van der Waals surface area contributed by atoms with Gasteiger partial charge in [0.15, 0.2) is 34.9 Å². The number of nitrogens with zero attached hydrogens (tertiary/aromatic N) is 4. The van der Waals surface area contributed by atoms with Crippen molar-refractivity contribution >= 4 is 18.0 Å². The standard InChI is InChI=1S/C19H14F3N3O3.C18H14F3N3O2/c20-19(21,22)14-4-2-13(3-5-14)17-10-25-18(28-17)7-12-1-6-15(24-8-12)16(27)9-23-11-26;19-18(20,21)13-4-2-12(3-5-13)16-10-24-17(26-16)7-11-1-6-14(23-9-11)15(25)8-22/h1-6,8,10-11H,7,9H2,(H,23,26);1-6,9-10H,7-8,22H2. The molecule has 4 heterocycles. The smallest absolute Gasteiger partial charge is 0.416 e. The third kappa shape index (κ3) is 10.3. The van der Waals surface area contributed by atoms with Crippen LogP contribution in [0.5, 0.6) is 0 Å². The van der Waals surface area contributed by atoms with E-state index in [4.69, 9.17) is 14.6 Å². The molecular formula is C37H28F6N6O5. The van der Waals surface area contributed by atoms with E-state index in [9.17, 15) is 40.7 Å². The van der Waals surface area contributed by atoms with E-state index >= 15 is 0 Å². The quantitative estimate of drug-likeness (QED) is 0.0775. The summed E-state index contributed by atoms with van der Waals surface area (Å²) >= 11 is 0. The van der Waals surface area contributed by atoms with E-state index in [1.54, 1.807) is 18.2 Å². The van der Waals surface area contributed by atoms with Crippen LogP contribution in [-0.2, 0) is 30.0 Å². The first-order chi connectivity index (χ1) is 25.7. The SMILES string of the molecule is NCC(=O)c1ccc(Cc2ncc(-c3ccc(C(F)(F)F)cc3)o2)cn1.O=CNCC(=O)c1ccc(Cc2ncc(-c3ccc(C(F)(F)F)cc3)o2)cn1. The van der Waals surface area contributed by atoms with Gasteiger partial charge in [0.25, 0.3) is 0 Å². The van der Waals surface area contributed by atoms with E-state index in [-0.39, 0.29) is 36.0 Å². The van der Waals surface area contributed by atoms with Crippen LogP contribution in [0.15, 0.2) is 106 Å². The van der Waals surface area contributed by atoms with E-state index in [0.717, 1.165) is 35.4 Å². The number of oxazole rings is 2. The van der Waals surface area contributed by atoms with Crippen LogP contribution >= 0.6 is 0 Å². The molecule has 0 saturated carbocycles. The molecular weight excluding hydrogens is 722 g/mol. The van der Waals surface area contributed by atoms with Gasteiger partial charge in [-0.2, -0.15) is 26.3 Å². The number of halogens is 6. The number of alkyl halides is 6. The van der Waals surface area contributed by atoms with Crippen LogP contribution in [0.1, 0.15) is 55.0 Å². The van der Waals surface area contributed by atoms with Crippen molar-refractivity contribution in [3.8, 4) is 22.6 Å². The fourth-order valence-electron chi connectivity index (χ4n) is 4.76. The molecule has 0 bridgehead atoms. The maximum Gasteiger partial charge on any atom is 0.416 e. The molecule has 0 aliphatic carbocycles. The van der Waals surface area contributed by atoms with Crippen molar-refractivity contribution in [1.29, 1.82) is 0 Å². The van der Waals surface area contributed by atoms with Crippen molar-refractivity contribution < 1.29 is 49.6 Å². The third-order valence-corrected chi connectivity index (χ3v) is 7.56. The molecule has 6 aromatic rings. The zero-order chi connectivity index (χ0) is 38.9. The van der Waals surface area contributed by atoms with Gasteiger partial charge < -0.3 is 19.9 Å². The predicted molar refractivity (Wildman–Crippen MR) is 180 cm³/mol. The number of amides is 1. The molecule has 0 saturated heterocycles. The molecule has 0 aliphatic rings. The zero-order valence-electron chi connectivity index (χ0n) is 27.8. The Morgan fingerprint density at radius 1 is 0.611 bits per heavy atom. The Balaban J connectivity index is 0.000000208. The van der Waals surface area contributed by atoms with E-state index in [2.05, 4.69) is 25.3 Å². The highest BCUT2D eigenvalue weighted by atomic mass is 19.4. The molecule has 17 heteroatoms. The number of hydrogen-bond acceptors (Lipinski definition) is 10. The number of hydrogen-bond donors (Lipinski definition) is 2. The molecule has 0 aliphatic heterocycles. The minimum absolute atomic E-state index is 0.109. The Hall–Kier alpha value is -6.49. The van der Waals surface area contributed by atoms with Crippen molar-refractivity contribution in [2.75, 3.05) is 13.1 Å². The Labute approximate surface area is 302 Å². The summed E-state index contributed by atoms with van der Waals surface area (Å²) in [6, 6.07) is 15.8. The Bertz CT molecular complexity index is 2180. The van der Waals surface area contributed by atoms with Crippen molar-refractivity contribution in [2.24, 2.45) is 5.73 Å². The minimum Gasteiger partial charge on any atom is -0.440 e. The van der Waals surface area contributed by atoms with Crippen LogP contribution in [0.25, 0.3) is 22.6 Å². The topological polar surface area (TPSA) is 167 Å². The lowest BCUT2D eigenvalue weighted by atomic mass is 10.1. The average Bonchev–Trinajstić information content (AvgIpc) is 3.84. The van der Waals surface area contributed by atoms with Gasteiger partial charge in [-0.25, -0.2) is 9.97 Å². The van der Waals surface area contributed by atoms with Gasteiger partial charge in [0.2, 0.25) is 6.41 Å². The number of ketones is 2. The van der Waals surface area contributed by atoms with E-state index in [1.165, 1.54) is 55.1 Å². The highest BCUT2D eigenvalue weighted by Crippen LogP contribution is 2.32. The van der Waals surface area contributed by atoms with Crippen molar-refractivity contribution in [1.82, 2.24) is 25.3 Å². The highest BCUT2D eigenvalue weighted by Gasteiger charge is 2.31. The molecule has 0 unspecified atom stereocenters. The van der Waals surface area contributed by atoms with Gasteiger partial charge in [-0.1, -0.05) is 36.4 Å². The van der Waals surface area contributed by atoms with Crippen LogP contribution in [0.4, 0.5) is 26.3 Å².